The van der Waals surface area contributed by atoms with Crippen molar-refractivity contribution >= 4 is 30.2 Å². The highest BCUT2D eigenvalue weighted by Crippen LogP contribution is 2.09. The van der Waals surface area contributed by atoms with Gasteiger partial charge in [0.05, 0.1) is 13.2 Å². The molecule has 33 heavy (non-hydrogen) atoms. The lowest BCUT2D eigenvalue weighted by Crippen LogP contribution is -2.55. The third-order valence-corrected chi connectivity index (χ3v) is 5.69. The third-order valence-electron chi connectivity index (χ3n) is 5.69. The zero-order chi connectivity index (χ0) is 25.1. The molecule has 1 heterocycles. The van der Waals surface area contributed by atoms with Crippen LogP contribution in [0.5, 0.6) is 0 Å². The molecule has 1 rings (SSSR count). The van der Waals surface area contributed by atoms with Crippen LogP contribution in [-0.4, -0.2) is 159 Å². The average molecular weight is 476 g/mol. The first-order chi connectivity index (χ1) is 15.5. The second-order valence-electron chi connectivity index (χ2n) is 7.75. The van der Waals surface area contributed by atoms with Gasteiger partial charge in [0.25, 0.3) is 0 Å². The van der Waals surface area contributed by atoms with E-state index in [0.29, 0.717) is 0 Å². The molecule has 1 aliphatic rings. The normalized spacial score (nSPS) is 21.2. The van der Waals surface area contributed by atoms with Crippen molar-refractivity contribution in [3.05, 3.63) is 0 Å². The quantitative estimate of drug-likeness (QED) is 0.156. The third kappa shape index (κ3) is 9.01. The highest BCUT2D eigenvalue weighted by Gasteiger charge is 2.31. The van der Waals surface area contributed by atoms with Gasteiger partial charge in [0.1, 0.15) is 18.4 Å². The predicted octanol–water partition coefficient (Wildman–Crippen LogP) is -3.14. The highest BCUT2D eigenvalue weighted by molar-refractivity contribution is 5.90. The number of rotatable bonds is 10. The molecule has 3 unspecified atom stereocenters. The molecule has 0 bridgehead atoms. The Kier molecular flexibility index (Phi) is 11.9. The van der Waals surface area contributed by atoms with E-state index < -0.39 is 48.6 Å². The summed E-state index contributed by atoms with van der Waals surface area (Å²) < 4.78 is 0. The van der Waals surface area contributed by atoms with Gasteiger partial charge in [-0.3, -0.25) is 38.8 Å². The number of carbonyl (C=O) groups excluding carboxylic acids is 1. The van der Waals surface area contributed by atoms with E-state index in [1.54, 1.807) is 0 Å². The molecule has 1 fully saturated rings. The Balaban J connectivity index is 3.24. The summed E-state index contributed by atoms with van der Waals surface area (Å²) in [5.41, 5.74) is 0. The monoisotopic (exact) mass is 476 g/mol. The SMILES string of the molecule is CC(C(=O)O)N1CCN(C(C=O)C(=O)O)CCN(CC(=O)O)CCN(C(CO)C(=O)O)CC1. The Morgan fingerprint density at radius 3 is 1.67 bits per heavy atom. The van der Waals surface area contributed by atoms with Crippen molar-refractivity contribution in [1.82, 2.24) is 19.6 Å². The van der Waals surface area contributed by atoms with Crippen LogP contribution in [0.1, 0.15) is 6.92 Å². The highest BCUT2D eigenvalue weighted by atomic mass is 16.4. The molecule has 0 saturated carbocycles. The van der Waals surface area contributed by atoms with Crippen LogP contribution in [-0.2, 0) is 24.0 Å². The fourth-order valence-corrected chi connectivity index (χ4v) is 3.63. The standard InChI is InChI=1S/C19H32N4O10/c1-13(17(28)29)21-6-8-22(14(11-24)18(30)31)4-2-20(10-16(26)27)3-5-23(9-7-21)15(12-25)19(32)33/h11,13-15,25H,2-10,12H2,1H3,(H,26,27)(H,28,29)(H,30,31)(H,32,33). The summed E-state index contributed by atoms with van der Waals surface area (Å²) in [4.78, 5) is 63.2. The second kappa shape index (κ2) is 13.8. The van der Waals surface area contributed by atoms with E-state index in [-0.39, 0.29) is 65.2 Å². The number of nitrogens with zero attached hydrogens (tertiary/aromatic N) is 4. The molecule has 14 nitrogen and oxygen atoms in total. The van der Waals surface area contributed by atoms with Crippen LogP contribution in [0.3, 0.4) is 0 Å². The zero-order valence-electron chi connectivity index (χ0n) is 18.4. The van der Waals surface area contributed by atoms with E-state index in [0.717, 1.165) is 0 Å². The molecule has 1 saturated heterocycles. The number of hydrogen-bond donors (Lipinski definition) is 5. The molecule has 3 atom stereocenters. The Hall–Kier alpha value is -2.65. The number of carboxylic acids is 4. The molecule has 0 amide bonds. The molecule has 0 aromatic rings. The smallest absolute Gasteiger partial charge is 0.328 e. The van der Waals surface area contributed by atoms with Crippen LogP contribution < -0.4 is 0 Å². The van der Waals surface area contributed by atoms with Crippen LogP contribution in [0.4, 0.5) is 0 Å². The summed E-state index contributed by atoms with van der Waals surface area (Å²) in [5, 5.41) is 47.0. The maximum absolute atomic E-state index is 11.6. The van der Waals surface area contributed by atoms with Gasteiger partial charge in [-0.05, 0) is 6.92 Å². The Bertz CT molecular complexity index is 706. The van der Waals surface area contributed by atoms with Crippen LogP contribution in [0, 0.1) is 0 Å². The molecular formula is C19H32N4O10. The van der Waals surface area contributed by atoms with Gasteiger partial charge in [-0.15, -0.1) is 0 Å². The lowest BCUT2D eigenvalue weighted by Gasteiger charge is -2.37. The van der Waals surface area contributed by atoms with Gasteiger partial charge in [0.2, 0.25) is 0 Å². The number of aliphatic hydroxyl groups is 1. The van der Waals surface area contributed by atoms with Gasteiger partial charge < -0.3 is 30.3 Å². The predicted molar refractivity (Wildman–Crippen MR) is 112 cm³/mol. The molecule has 0 radical (unpaired) electrons. The van der Waals surface area contributed by atoms with E-state index in [1.165, 1.54) is 26.5 Å². The van der Waals surface area contributed by atoms with Gasteiger partial charge in [0, 0.05) is 52.4 Å². The fourth-order valence-electron chi connectivity index (χ4n) is 3.63. The topological polar surface area (TPSA) is 199 Å². The van der Waals surface area contributed by atoms with Crippen LogP contribution in [0.2, 0.25) is 0 Å². The van der Waals surface area contributed by atoms with Crippen molar-refractivity contribution in [2.45, 2.75) is 25.0 Å². The molecule has 0 aromatic heterocycles. The van der Waals surface area contributed by atoms with Crippen LogP contribution in [0.15, 0.2) is 0 Å². The molecular weight excluding hydrogens is 444 g/mol. The van der Waals surface area contributed by atoms with E-state index >= 15 is 0 Å². The van der Waals surface area contributed by atoms with Crippen LogP contribution >= 0.6 is 0 Å². The molecule has 1 aliphatic heterocycles. The number of aliphatic carboxylic acids is 4. The molecule has 0 spiro atoms. The number of aldehydes is 1. The van der Waals surface area contributed by atoms with Crippen molar-refractivity contribution in [1.29, 1.82) is 0 Å². The first-order valence-corrected chi connectivity index (χ1v) is 10.4. The Morgan fingerprint density at radius 1 is 0.758 bits per heavy atom. The zero-order valence-corrected chi connectivity index (χ0v) is 18.4. The first kappa shape index (κ1) is 28.4. The molecule has 0 aromatic carbocycles. The minimum atomic E-state index is -1.48. The number of carbonyl (C=O) groups is 5. The molecule has 188 valence electrons. The lowest BCUT2D eigenvalue weighted by atomic mass is 10.2. The van der Waals surface area contributed by atoms with Crippen LogP contribution in [0.25, 0.3) is 0 Å². The fraction of sp³-hybridized carbons (Fsp3) is 0.737. The minimum absolute atomic E-state index is 0.0105. The van der Waals surface area contributed by atoms with Crippen molar-refractivity contribution < 1.29 is 49.5 Å². The summed E-state index contributed by atoms with van der Waals surface area (Å²) in [5.74, 6) is -4.91. The van der Waals surface area contributed by atoms with Gasteiger partial charge in [-0.1, -0.05) is 0 Å². The Morgan fingerprint density at radius 2 is 1.24 bits per heavy atom. The van der Waals surface area contributed by atoms with Gasteiger partial charge in [-0.2, -0.15) is 0 Å². The number of carboxylic acid groups (broad SMARTS) is 4. The molecule has 5 N–H and O–H groups in total. The summed E-state index contributed by atoms with van der Waals surface area (Å²) >= 11 is 0. The van der Waals surface area contributed by atoms with Crippen molar-refractivity contribution in [2.24, 2.45) is 0 Å². The molecule has 14 heteroatoms. The maximum Gasteiger partial charge on any atom is 0.328 e. The van der Waals surface area contributed by atoms with Gasteiger partial charge >= 0.3 is 23.9 Å². The minimum Gasteiger partial charge on any atom is -0.480 e. The van der Waals surface area contributed by atoms with Gasteiger partial charge in [0.15, 0.2) is 6.04 Å². The molecule has 0 aliphatic carbocycles. The van der Waals surface area contributed by atoms with E-state index in [1.807, 2.05) is 0 Å². The van der Waals surface area contributed by atoms with E-state index in [9.17, 15) is 49.5 Å². The summed E-state index contributed by atoms with van der Waals surface area (Å²) in [6.45, 7) is 0.833. The summed E-state index contributed by atoms with van der Waals surface area (Å²) in [6, 6.07) is -3.72. The maximum atomic E-state index is 11.6. The summed E-state index contributed by atoms with van der Waals surface area (Å²) in [6.07, 6.45) is 0.265. The van der Waals surface area contributed by atoms with E-state index in [2.05, 4.69) is 0 Å². The largest absolute Gasteiger partial charge is 0.480 e. The lowest BCUT2D eigenvalue weighted by molar-refractivity contribution is -0.148. The number of aliphatic hydroxyl groups excluding tert-OH is 1. The van der Waals surface area contributed by atoms with E-state index in [4.69, 9.17) is 0 Å². The number of hydrogen-bond acceptors (Lipinski definition) is 10. The van der Waals surface area contributed by atoms with Crippen molar-refractivity contribution in [3.8, 4) is 0 Å². The average Bonchev–Trinajstić information content (AvgIpc) is 2.72. The first-order valence-electron chi connectivity index (χ1n) is 10.4. The second-order valence-corrected chi connectivity index (χ2v) is 7.75. The van der Waals surface area contributed by atoms with Crippen molar-refractivity contribution in [2.75, 3.05) is 65.5 Å². The van der Waals surface area contributed by atoms with Gasteiger partial charge in [-0.25, -0.2) is 0 Å². The summed E-state index contributed by atoms with van der Waals surface area (Å²) in [7, 11) is 0. The van der Waals surface area contributed by atoms with Crippen molar-refractivity contribution in [3.63, 3.8) is 0 Å². The Labute approximate surface area is 190 Å².